The molecule has 4 aromatic rings. The van der Waals surface area contributed by atoms with E-state index in [0.717, 1.165) is 5.56 Å². The number of methoxy groups -OCH3 is 4. The fourth-order valence-electron chi connectivity index (χ4n) is 4.96. The van der Waals surface area contributed by atoms with E-state index >= 15 is 0 Å². The third-order valence-electron chi connectivity index (χ3n) is 6.81. The first-order chi connectivity index (χ1) is 20.4. The van der Waals surface area contributed by atoms with E-state index < -0.39 is 12.0 Å². The van der Waals surface area contributed by atoms with Gasteiger partial charge in [0, 0.05) is 11.1 Å². The Kier molecular flexibility index (Phi) is 8.44. The number of ether oxygens (including phenoxy) is 5. The molecule has 0 N–H and O–H groups in total. The summed E-state index contributed by atoms with van der Waals surface area (Å²) < 4.78 is 29.6. The molecular formula is C32H30N2O7S. The molecule has 0 radical (unpaired) electrons. The molecule has 9 nitrogen and oxygen atoms in total. The first-order valence-corrected chi connectivity index (χ1v) is 14.0. The molecule has 0 saturated heterocycles. The summed E-state index contributed by atoms with van der Waals surface area (Å²) in [5.74, 6) is 1.39. The molecule has 3 aromatic carbocycles. The summed E-state index contributed by atoms with van der Waals surface area (Å²) in [5, 5.41) is 0. The number of carbonyl (C=O) groups excluding carboxylic acids is 1. The Balaban J connectivity index is 1.85. The van der Waals surface area contributed by atoms with E-state index in [1.807, 2.05) is 42.5 Å². The first-order valence-electron chi connectivity index (χ1n) is 13.2. The van der Waals surface area contributed by atoms with Crippen molar-refractivity contribution in [3.8, 4) is 23.0 Å². The number of benzene rings is 3. The number of hydrogen-bond donors (Lipinski definition) is 0. The smallest absolute Gasteiger partial charge is 0.338 e. The van der Waals surface area contributed by atoms with Gasteiger partial charge in [0.05, 0.1) is 50.8 Å². The summed E-state index contributed by atoms with van der Waals surface area (Å²) in [6, 6.07) is 19.2. The Bertz CT molecular complexity index is 1840. The van der Waals surface area contributed by atoms with E-state index in [4.69, 9.17) is 28.7 Å². The number of thiazole rings is 1. The van der Waals surface area contributed by atoms with Gasteiger partial charge in [0.1, 0.15) is 6.04 Å². The third-order valence-corrected chi connectivity index (χ3v) is 7.79. The molecule has 216 valence electrons. The van der Waals surface area contributed by atoms with E-state index in [-0.39, 0.29) is 17.7 Å². The van der Waals surface area contributed by atoms with Gasteiger partial charge in [-0.25, -0.2) is 9.79 Å². The molecule has 0 spiro atoms. The highest BCUT2D eigenvalue weighted by Crippen LogP contribution is 2.42. The van der Waals surface area contributed by atoms with Crippen molar-refractivity contribution in [1.29, 1.82) is 0 Å². The minimum Gasteiger partial charge on any atom is -0.493 e. The Morgan fingerprint density at radius 3 is 2.31 bits per heavy atom. The third kappa shape index (κ3) is 5.16. The quantitative estimate of drug-likeness (QED) is 0.274. The monoisotopic (exact) mass is 586 g/mol. The van der Waals surface area contributed by atoms with Crippen LogP contribution in [0.5, 0.6) is 23.0 Å². The molecule has 1 aliphatic heterocycles. The Labute approximate surface area is 246 Å². The number of nitrogens with zero attached hydrogens (tertiary/aromatic N) is 2. The second-order valence-electron chi connectivity index (χ2n) is 9.13. The maximum Gasteiger partial charge on any atom is 0.338 e. The van der Waals surface area contributed by atoms with Gasteiger partial charge >= 0.3 is 5.97 Å². The Morgan fingerprint density at radius 1 is 0.905 bits per heavy atom. The van der Waals surface area contributed by atoms with Crippen LogP contribution in [0.25, 0.3) is 11.8 Å². The summed E-state index contributed by atoms with van der Waals surface area (Å²) in [6.07, 6.45) is 1.77. The molecule has 1 aromatic heterocycles. The van der Waals surface area contributed by atoms with Gasteiger partial charge in [-0.1, -0.05) is 59.9 Å². The molecule has 1 atom stereocenters. The lowest BCUT2D eigenvalue weighted by Crippen LogP contribution is -2.40. The number of rotatable bonds is 9. The van der Waals surface area contributed by atoms with Crippen molar-refractivity contribution < 1.29 is 28.5 Å². The molecule has 0 fully saturated rings. The number of para-hydroxylation sites is 1. The maximum atomic E-state index is 14.2. The van der Waals surface area contributed by atoms with Crippen LogP contribution in [-0.4, -0.2) is 45.6 Å². The number of hydrogen-bond acceptors (Lipinski definition) is 9. The van der Waals surface area contributed by atoms with Crippen LogP contribution in [0.3, 0.4) is 0 Å². The number of aromatic nitrogens is 1. The van der Waals surface area contributed by atoms with Gasteiger partial charge in [0.25, 0.3) is 5.56 Å². The lowest BCUT2D eigenvalue weighted by atomic mass is 9.92. The van der Waals surface area contributed by atoms with Crippen LogP contribution in [0.15, 0.2) is 82.1 Å². The zero-order valence-electron chi connectivity index (χ0n) is 23.9. The minimum atomic E-state index is -0.909. The highest BCUT2D eigenvalue weighted by molar-refractivity contribution is 7.07. The standard InChI is InChI=1S/C32H30N2O7S/c1-6-41-31(36)26-27(20-11-8-7-9-12-20)33-32-34(28(26)21-13-10-14-23(38-3)29(21)40-5)30(35)25(42-32)18-19-15-16-22(37-2)24(17-19)39-4/h7-18,28H,6H2,1-5H3. The maximum absolute atomic E-state index is 14.2. The number of carbonyl (C=O) groups is 1. The van der Waals surface area contributed by atoms with E-state index in [0.29, 0.717) is 49.2 Å². The van der Waals surface area contributed by atoms with Gasteiger partial charge < -0.3 is 23.7 Å². The van der Waals surface area contributed by atoms with Gasteiger partial charge in [0.15, 0.2) is 27.8 Å². The lowest BCUT2D eigenvalue weighted by Gasteiger charge is -2.27. The van der Waals surface area contributed by atoms with Crippen LogP contribution < -0.4 is 33.8 Å². The highest BCUT2D eigenvalue weighted by atomic mass is 32.1. The summed E-state index contributed by atoms with van der Waals surface area (Å²) >= 11 is 1.23. The first kappa shape index (κ1) is 28.7. The predicted molar refractivity (Wildman–Crippen MR) is 160 cm³/mol. The molecular weight excluding hydrogens is 556 g/mol. The van der Waals surface area contributed by atoms with Crippen LogP contribution in [0.4, 0.5) is 0 Å². The molecule has 2 heterocycles. The van der Waals surface area contributed by atoms with E-state index in [2.05, 4.69) is 0 Å². The predicted octanol–water partition coefficient (Wildman–Crippen LogP) is 3.97. The van der Waals surface area contributed by atoms with Crippen molar-refractivity contribution in [2.45, 2.75) is 13.0 Å². The van der Waals surface area contributed by atoms with Gasteiger partial charge in [-0.05, 0) is 36.8 Å². The fraction of sp³-hybridized carbons (Fsp3) is 0.219. The minimum absolute atomic E-state index is 0.149. The van der Waals surface area contributed by atoms with Crippen LogP contribution >= 0.6 is 11.3 Å². The molecule has 10 heteroatoms. The number of esters is 1. The van der Waals surface area contributed by atoms with Gasteiger partial charge in [-0.2, -0.15) is 0 Å². The fourth-order valence-corrected chi connectivity index (χ4v) is 5.96. The molecule has 0 bridgehead atoms. The van der Waals surface area contributed by atoms with Crippen LogP contribution in [0, 0.1) is 0 Å². The molecule has 1 aliphatic rings. The molecule has 0 saturated carbocycles. The highest BCUT2D eigenvalue weighted by Gasteiger charge is 2.37. The zero-order valence-corrected chi connectivity index (χ0v) is 24.7. The van der Waals surface area contributed by atoms with E-state index in [9.17, 15) is 9.59 Å². The largest absolute Gasteiger partial charge is 0.493 e. The van der Waals surface area contributed by atoms with Crippen LogP contribution in [0.2, 0.25) is 0 Å². The van der Waals surface area contributed by atoms with Crippen molar-refractivity contribution in [3.05, 3.63) is 109 Å². The molecule has 1 unspecified atom stereocenters. The van der Waals surface area contributed by atoms with E-state index in [1.165, 1.54) is 30.1 Å². The van der Waals surface area contributed by atoms with Gasteiger partial charge in [0.2, 0.25) is 0 Å². The van der Waals surface area contributed by atoms with Crippen molar-refractivity contribution in [3.63, 3.8) is 0 Å². The summed E-state index contributed by atoms with van der Waals surface area (Å²) in [5.41, 5.74) is 2.33. The normalized spacial score (nSPS) is 14.6. The van der Waals surface area contributed by atoms with Crippen LogP contribution in [0.1, 0.15) is 29.7 Å². The summed E-state index contributed by atoms with van der Waals surface area (Å²) in [4.78, 5) is 33.2. The molecule has 5 rings (SSSR count). The second-order valence-corrected chi connectivity index (χ2v) is 10.1. The van der Waals surface area contributed by atoms with Crippen molar-refractivity contribution in [2.75, 3.05) is 35.0 Å². The molecule has 0 aliphatic carbocycles. The van der Waals surface area contributed by atoms with E-state index in [1.54, 1.807) is 51.5 Å². The van der Waals surface area contributed by atoms with Gasteiger partial charge in [-0.15, -0.1) is 0 Å². The van der Waals surface area contributed by atoms with Crippen LogP contribution in [-0.2, 0) is 9.53 Å². The van der Waals surface area contributed by atoms with Crippen molar-refractivity contribution >= 4 is 29.1 Å². The van der Waals surface area contributed by atoms with Crippen molar-refractivity contribution in [2.24, 2.45) is 4.99 Å². The summed E-state index contributed by atoms with van der Waals surface area (Å²) in [7, 11) is 6.18. The van der Waals surface area contributed by atoms with Crippen molar-refractivity contribution in [1.82, 2.24) is 4.57 Å². The molecule has 42 heavy (non-hydrogen) atoms. The van der Waals surface area contributed by atoms with Gasteiger partial charge in [-0.3, -0.25) is 9.36 Å². The Morgan fingerprint density at radius 2 is 1.64 bits per heavy atom. The zero-order chi connectivity index (χ0) is 29.8. The number of fused-ring (bicyclic) bond motifs is 1. The SMILES string of the molecule is CCOC(=O)C1=C(c2ccccc2)N=c2sc(=Cc3ccc(OC)c(OC)c3)c(=O)n2C1c1cccc(OC)c1OC. The average molecular weight is 587 g/mol. The topological polar surface area (TPSA) is 97.6 Å². The lowest BCUT2D eigenvalue weighted by molar-refractivity contribution is -0.138. The summed E-state index contributed by atoms with van der Waals surface area (Å²) in [6.45, 7) is 1.89. The average Bonchev–Trinajstić information content (AvgIpc) is 3.34. The molecule has 0 amide bonds. The Hall–Kier alpha value is -4.83. The second kappa shape index (κ2) is 12.4.